The van der Waals surface area contributed by atoms with Crippen LogP contribution in [0.1, 0.15) is 26.5 Å². The van der Waals surface area contributed by atoms with E-state index in [1.165, 1.54) is 11.3 Å². The van der Waals surface area contributed by atoms with E-state index in [9.17, 15) is 4.79 Å². The van der Waals surface area contributed by atoms with Crippen LogP contribution in [-0.4, -0.2) is 31.3 Å². The molecule has 0 bridgehead atoms. The number of hydrazone groups is 1. The summed E-state index contributed by atoms with van der Waals surface area (Å²) in [5, 5.41) is 5.30. The Labute approximate surface area is 178 Å². The largest absolute Gasteiger partial charge is 0.496 e. The van der Waals surface area contributed by atoms with Gasteiger partial charge < -0.3 is 9.47 Å². The van der Waals surface area contributed by atoms with Crippen LogP contribution in [0.3, 0.4) is 0 Å². The highest BCUT2D eigenvalue weighted by atomic mass is 35.5. The number of aryl methyl sites for hydroxylation is 2. The van der Waals surface area contributed by atoms with Gasteiger partial charge in [0.25, 0.3) is 5.91 Å². The Kier molecular flexibility index (Phi) is 6.51. The highest BCUT2D eigenvalue weighted by Crippen LogP contribution is 2.36. The molecule has 6 nitrogen and oxygen atoms in total. The van der Waals surface area contributed by atoms with Crippen molar-refractivity contribution in [2.24, 2.45) is 5.10 Å². The quantitative estimate of drug-likeness (QED) is 0.448. The van der Waals surface area contributed by atoms with Gasteiger partial charge >= 0.3 is 0 Å². The first-order chi connectivity index (χ1) is 13.9. The molecule has 1 heterocycles. The molecule has 29 heavy (non-hydrogen) atoms. The topological polar surface area (TPSA) is 72.8 Å². The molecule has 3 rings (SSSR count). The number of ether oxygens (including phenoxy) is 2. The van der Waals surface area contributed by atoms with Crippen molar-refractivity contribution in [3.8, 4) is 22.1 Å². The zero-order valence-corrected chi connectivity index (χ0v) is 18.0. The summed E-state index contributed by atoms with van der Waals surface area (Å²) in [4.78, 5) is 17.5. The van der Waals surface area contributed by atoms with E-state index in [0.29, 0.717) is 26.4 Å². The molecule has 2 aromatic carbocycles. The molecule has 0 fully saturated rings. The summed E-state index contributed by atoms with van der Waals surface area (Å²) in [6, 6.07) is 11.0. The fourth-order valence-corrected chi connectivity index (χ4v) is 3.91. The third-order valence-corrected chi connectivity index (χ3v) is 5.62. The van der Waals surface area contributed by atoms with E-state index in [-0.39, 0.29) is 5.91 Å². The average molecular weight is 430 g/mol. The molecule has 0 aliphatic carbocycles. The molecule has 0 aliphatic rings. The third-order valence-electron chi connectivity index (χ3n) is 4.20. The summed E-state index contributed by atoms with van der Waals surface area (Å²) in [7, 11) is 3.19. The summed E-state index contributed by atoms with van der Waals surface area (Å²) >= 11 is 7.29. The van der Waals surface area contributed by atoms with Gasteiger partial charge in [-0.05, 0) is 61.4 Å². The second-order valence-corrected chi connectivity index (χ2v) is 7.64. The van der Waals surface area contributed by atoms with Crippen molar-refractivity contribution in [1.82, 2.24) is 10.4 Å². The molecule has 0 radical (unpaired) electrons. The molecule has 1 N–H and O–H groups in total. The zero-order chi connectivity index (χ0) is 21.0. The summed E-state index contributed by atoms with van der Waals surface area (Å²) in [5.41, 5.74) is 5.80. The van der Waals surface area contributed by atoms with Gasteiger partial charge in [0.05, 0.1) is 31.7 Å². The van der Waals surface area contributed by atoms with Gasteiger partial charge in [-0.3, -0.25) is 4.79 Å². The van der Waals surface area contributed by atoms with Crippen LogP contribution < -0.4 is 14.9 Å². The molecular formula is C21H20ClN3O3S. The maximum absolute atomic E-state index is 12.5. The number of carbonyl (C=O) groups excluding carboxylic acids is 1. The monoisotopic (exact) mass is 429 g/mol. The van der Waals surface area contributed by atoms with Crippen LogP contribution in [0.15, 0.2) is 41.5 Å². The molecule has 0 saturated heterocycles. The molecule has 3 aromatic rings. The number of hydrogen-bond donors (Lipinski definition) is 1. The maximum atomic E-state index is 12.5. The van der Waals surface area contributed by atoms with Crippen molar-refractivity contribution in [3.63, 3.8) is 0 Å². The molecule has 0 spiro atoms. The molecule has 150 valence electrons. The Morgan fingerprint density at radius 2 is 1.90 bits per heavy atom. The van der Waals surface area contributed by atoms with Crippen LogP contribution in [0.25, 0.3) is 10.6 Å². The Balaban J connectivity index is 1.76. The van der Waals surface area contributed by atoms with E-state index in [1.807, 2.05) is 31.2 Å². The molecule has 0 saturated carbocycles. The number of nitrogens with zero attached hydrogens (tertiary/aromatic N) is 2. The summed E-state index contributed by atoms with van der Waals surface area (Å²) in [6.45, 7) is 3.73. The van der Waals surface area contributed by atoms with E-state index in [2.05, 4.69) is 15.5 Å². The molecule has 0 unspecified atom stereocenters. The molecule has 8 heteroatoms. The van der Waals surface area contributed by atoms with E-state index < -0.39 is 0 Å². The van der Waals surface area contributed by atoms with Gasteiger partial charge in [0, 0.05) is 5.02 Å². The number of carbonyl (C=O) groups is 1. The van der Waals surface area contributed by atoms with Crippen LogP contribution >= 0.6 is 22.9 Å². The second kappa shape index (κ2) is 9.07. The first kappa shape index (κ1) is 20.8. The molecular weight excluding hydrogens is 410 g/mol. The molecule has 1 amide bonds. The van der Waals surface area contributed by atoms with Gasteiger partial charge in [0.1, 0.15) is 21.4 Å². The lowest BCUT2D eigenvalue weighted by atomic mass is 10.1. The van der Waals surface area contributed by atoms with Crippen LogP contribution in [0, 0.1) is 13.8 Å². The van der Waals surface area contributed by atoms with E-state index >= 15 is 0 Å². The second-order valence-electron chi connectivity index (χ2n) is 6.21. The van der Waals surface area contributed by atoms with Crippen molar-refractivity contribution in [2.45, 2.75) is 13.8 Å². The lowest BCUT2D eigenvalue weighted by Gasteiger charge is -2.05. The lowest BCUT2D eigenvalue weighted by Crippen LogP contribution is -2.17. The Bertz CT molecular complexity index is 1080. The highest BCUT2D eigenvalue weighted by Gasteiger charge is 2.18. The minimum absolute atomic E-state index is 0.319. The van der Waals surface area contributed by atoms with Crippen LogP contribution in [0.5, 0.6) is 11.5 Å². The highest BCUT2D eigenvalue weighted by molar-refractivity contribution is 7.17. The Hall–Kier alpha value is -2.90. The predicted octanol–water partition coefficient (Wildman–Crippen LogP) is 4.86. The number of halogens is 1. The number of aromatic nitrogens is 1. The number of methoxy groups -OCH3 is 2. The Morgan fingerprint density at radius 1 is 1.14 bits per heavy atom. The van der Waals surface area contributed by atoms with Gasteiger partial charge in [-0.2, -0.15) is 5.10 Å². The van der Waals surface area contributed by atoms with Gasteiger partial charge in [-0.15, -0.1) is 11.3 Å². The number of benzene rings is 2. The fourth-order valence-electron chi connectivity index (χ4n) is 2.76. The standard InChI is InChI=1S/C21H20ClN3O3S/c1-12-9-14(5-8-17(12)27-3)11-23-25-20(26)19-13(2)24-21(29-19)16-7-6-15(22)10-18(16)28-4/h5-11H,1-4H3,(H,25,26)/b23-11+. The van der Waals surface area contributed by atoms with E-state index in [1.54, 1.807) is 39.5 Å². The van der Waals surface area contributed by atoms with Crippen molar-refractivity contribution in [2.75, 3.05) is 14.2 Å². The predicted molar refractivity (Wildman–Crippen MR) is 117 cm³/mol. The molecule has 1 aromatic heterocycles. The van der Waals surface area contributed by atoms with Crippen LogP contribution in [-0.2, 0) is 0 Å². The van der Waals surface area contributed by atoms with E-state index in [4.69, 9.17) is 21.1 Å². The molecule has 0 atom stereocenters. The average Bonchev–Trinajstić information content (AvgIpc) is 3.09. The number of thiazole rings is 1. The van der Waals surface area contributed by atoms with Gasteiger partial charge in [0.2, 0.25) is 0 Å². The summed E-state index contributed by atoms with van der Waals surface area (Å²) < 4.78 is 10.6. The molecule has 0 aliphatic heterocycles. The summed E-state index contributed by atoms with van der Waals surface area (Å²) in [5.74, 6) is 1.09. The smallest absolute Gasteiger partial charge is 0.283 e. The van der Waals surface area contributed by atoms with Crippen molar-refractivity contribution < 1.29 is 14.3 Å². The van der Waals surface area contributed by atoms with Crippen molar-refractivity contribution >= 4 is 35.1 Å². The summed E-state index contributed by atoms with van der Waals surface area (Å²) in [6.07, 6.45) is 1.59. The van der Waals surface area contributed by atoms with E-state index in [0.717, 1.165) is 22.4 Å². The van der Waals surface area contributed by atoms with Gasteiger partial charge in [0.15, 0.2) is 0 Å². The number of nitrogens with one attached hydrogen (secondary N) is 1. The Morgan fingerprint density at radius 3 is 2.59 bits per heavy atom. The lowest BCUT2D eigenvalue weighted by molar-refractivity contribution is 0.0958. The number of rotatable bonds is 6. The minimum atomic E-state index is -0.319. The SMILES string of the molecule is COc1ccc(/C=N/NC(=O)c2sc(-c3ccc(Cl)cc3OC)nc2C)cc1C. The van der Waals surface area contributed by atoms with Crippen molar-refractivity contribution in [1.29, 1.82) is 0 Å². The van der Waals surface area contributed by atoms with Gasteiger partial charge in [-0.1, -0.05) is 11.6 Å². The fraction of sp³-hybridized carbons (Fsp3) is 0.190. The zero-order valence-electron chi connectivity index (χ0n) is 16.4. The normalized spacial score (nSPS) is 10.9. The number of hydrogen-bond acceptors (Lipinski definition) is 6. The van der Waals surface area contributed by atoms with Crippen LogP contribution in [0.4, 0.5) is 0 Å². The van der Waals surface area contributed by atoms with Crippen molar-refractivity contribution in [3.05, 3.63) is 63.1 Å². The van der Waals surface area contributed by atoms with Gasteiger partial charge in [-0.25, -0.2) is 10.4 Å². The first-order valence-electron chi connectivity index (χ1n) is 8.72. The third kappa shape index (κ3) is 4.75. The first-order valence-corrected chi connectivity index (χ1v) is 9.91. The number of amides is 1. The maximum Gasteiger partial charge on any atom is 0.283 e. The minimum Gasteiger partial charge on any atom is -0.496 e. The van der Waals surface area contributed by atoms with Crippen LogP contribution in [0.2, 0.25) is 5.02 Å².